The van der Waals surface area contributed by atoms with E-state index in [0.29, 0.717) is 12.8 Å². The molecule has 0 radical (unpaired) electrons. The largest absolute Gasteiger partial charge is 0.492 e. The first-order valence-electron chi connectivity index (χ1n) is 5.59. The van der Waals surface area contributed by atoms with Crippen molar-refractivity contribution in [1.29, 1.82) is 0 Å². The molecular formula is C12H17NO3. The molecule has 0 saturated heterocycles. The van der Waals surface area contributed by atoms with Gasteiger partial charge in [0.1, 0.15) is 5.75 Å². The Hall–Kier alpha value is -1.45. The maximum Gasteiger partial charge on any atom is 0.305 e. The summed E-state index contributed by atoms with van der Waals surface area (Å²) in [5, 5.41) is 0. The van der Waals surface area contributed by atoms with Crippen LogP contribution in [0.3, 0.4) is 0 Å². The van der Waals surface area contributed by atoms with Crippen LogP contribution in [-0.4, -0.2) is 24.3 Å². The number of fused-ring (bicyclic) bond motifs is 1. The predicted molar refractivity (Wildman–Crippen MR) is 59.6 cm³/mol. The zero-order valence-corrected chi connectivity index (χ0v) is 9.78. The molecule has 0 unspecified atom stereocenters. The first kappa shape index (κ1) is 11.0. The second-order valence-electron chi connectivity index (χ2n) is 4.03. The number of esters is 1. The normalized spacial score (nSPS) is 14.1. The van der Waals surface area contributed by atoms with Gasteiger partial charge < -0.3 is 14.0 Å². The standard InChI is InChI=1S/C12H17NO3/c1-13-9(5-6-12(14)15-2)8-11-10(13)4-3-7-16-11/h8H,3-7H2,1-2H3. The minimum Gasteiger partial charge on any atom is -0.492 e. The highest BCUT2D eigenvalue weighted by Gasteiger charge is 2.17. The second-order valence-corrected chi connectivity index (χ2v) is 4.03. The first-order chi connectivity index (χ1) is 7.72. The van der Waals surface area contributed by atoms with Gasteiger partial charge in [-0.3, -0.25) is 4.79 Å². The summed E-state index contributed by atoms with van der Waals surface area (Å²) in [4.78, 5) is 11.1. The predicted octanol–water partition coefficient (Wildman–Crippen LogP) is 1.46. The van der Waals surface area contributed by atoms with Crippen molar-refractivity contribution in [2.24, 2.45) is 7.05 Å². The third-order valence-corrected chi connectivity index (χ3v) is 3.05. The number of aryl methyl sites for hydroxylation is 1. The average molecular weight is 223 g/mol. The smallest absolute Gasteiger partial charge is 0.305 e. The molecule has 88 valence electrons. The van der Waals surface area contributed by atoms with E-state index < -0.39 is 0 Å². The molecule has 2 rings (SSSR count). The molecule has 16 heavy (non-hydrogen) atoms. The van der Waals surface area contributed by atoms with Crippen LogP contribution in [0.5, 0.6) is 5.75 Å². The lowest BCUT2D eigenvalue weighted by Gasteiger charge is -2.14. The van der Waals surface area contributed by atoms with Crippen LogP contribution in [0.25, 0.3) is 0 Å². The van der Waals surface area contributed by atoms with Crippen LogP contribution < -0.4 is 4.74 Å². The molecule has 0 aromatic carbocycles. The van der Waals surface area contributed by atoms with Gasteiger partial charge in [-0.1, -0.05) is 0 Å². The Morgan fingerprint density at radius 2 is 2.44 bits per heavy atom. The third-order valence-electron chi connectivity index (χ3n) is 3.05. The number of hydrogen-bond donors (Lipinski definition) is 0. The minimum atomic E-state index is -0.167. The Morgan fingerprint density at radius 1 is 1.62 bits per heavy atom. The van der Waals surface area contributed by atoms with Gasteiger partial charge in [0, 0.05) is 18.8 Å². The highest BCUT2D eigenvalue weighted by atomic mass is 16.5. The summed E-state index contributed by atoms with van der Waals surface area (Å²) < 4.78 is 12.4. The topological polar surface area (TPSA) is 40.5 Å². The Kier molecular flexibility index (Phi) is 3.17. The van der Waals surface area contributed by atoms with Crippen molar-refractivity contribution in [2.75, 3.05) is 13.7 Å². The third kappa shape index (κ3) is 2.05. The number of rotatable bonds is 3. The summed E-state index contributed by atoms with van der Waals surface area (Å²) in [5.74, 6) is 0.814. The zero-order chi connectivity index (χ0) is 11.5. The van der Waals surface area contributed by atoms with E-state index in [9.17, 15) is 4.79 Å². The SMILES string of the molecule is COC(=O)CCc1cc2c(n1C)CCCO2. The van der Waals surface area contributed by atoms with E-state index in [4.69, 9.17) is 4.74 Å². The number of aromatic nitrogens is 1. The Balaban J connectivity index is 2.10. The molecule has 1 aliphatic heterocycles. The summed E-state index contributed by atoms with van der Waals surface area (Å²) >= 11 is 0. The molecule has 1 aliphatic rings. The van der Waals surface area contributed by atoms with Crippen molar-refractivity contribution >= 4 is 5.97 Å². The fourth-order valence-electron chi connectivity index (χ4n) is 2.08. The lowest BCUT2D eigenvalue weighted by Crippen LogP contribution is -2.10. The van der Waals surface area contributed by atoms with Crippen molar-refractivity contribution in [2.45, 2.75) is 25.7 Å². The van der Waals surface area contributed by atoms with Gasteiger partial charge in [-0.15, -0.1) is 0 Å². The molecule has 0 N–H and O–H groups in total. The zero-order valence-electron chi connectivity index (χ0n) is 9.78. The van der Waals surface area contributed by atoms with E-state index >= 15 is 0 Å². The number of carbonyl (C=O) groups is 1. The fourth-order valence-corrected chi connectivity index (χ4v) is 2.08. The number of carbonyl (C=O) groups excluding carboxylic acids is 1. The van der Waals surface area contributed by atoms with Crippen LogP contribution in [-0.2, 0) is 29.4 Å². The highest BCUT2D eigenvalue weighted by molar-refractivity contribution is 5.69. The van der Waals surface area contributed by atoms with E-state index in [1.165, 1.54) is 12.8 Å². The molecule has 4 heteroatoms. The van der Waals surface area contributed by atoms with Crippen LogP contribution in [0.2, 0.25) is 0 Å². The first-order valence-corrected chi connectivity index (χ1v) is 5.59. The van der Waals surface area contributed by atoms with Gasteiger partial charge in [0.05, 0.1) is 25.8 Å². The van der Waals surface area contributed by atoms with Crippen molar-refractivity contribution in [3.8, 4) is 5.75 Å². The molecule has 0 spiro atoms. The van der Waals surface area contributed by atoms with Gasteiger partial charge >= 0.3 is 5.97 Å². The van der Waals surface area contributed by atoms with E-state index in [1.54, 1.807) is 0 Å². The van der Waals surface area contributed by atoms with Gasteiger partial charge in [0.25, 0.3) is 0 Å². The van der Waals surface area contributed by atoms with Crippen molar-refractivity contribution in [3.05, 3.63) is 17.5 Å². The molecule has 1 aromatic heterocycles. The Morgan fingerprint density at radius 3 is 3.12 bits per heavy atom. The van der Waals surface area contributed by atoms with Gasteiger partial charge in [-0.25, -0.2) is 0 Å². The maximum absolute atomic E-state index is 11.1. The highest BCUT2D eigenvalue weighted by Crippen LogP contribution is 2.28. The average Bonchev–Trinajstić information content (AvgIpc) is 2.64. The number of nitrogens with zero attached hydrogens (tertiary/aromatic N) is 1. The van der Waals surface area contributed by atoms with Gasteiger partial charge in [0.2, 0.25) is 0 Å². The van der Waals surface area contributed by atoms with E-state index in [2.05, 4.69) is 9.30 Å². The number of methoxy groups -OCH3 is 1. The number of ether oxygens (including phenoxy) is 2. The monoisotopic (exact) mass is 223 g/mol. The summed E-state index contributed by atoms with van der Waals surface area (Å²) in [6, 6.07) is 2.04. The van der Waals surface area contributed by atoms with E-state index in [-0.39, 0.29) is 5.97 Å². The number of hydrogen-bond acceptors (Lipinski definition) is 3. The molecule has 4 nitrogen and oxygen atoms in total. The Bertz CT molecular complexity index is 395. The lowest BCUT2D eigenvalue weighted by molar-refractivity contribution is -0.140. The van der Waals surface area contributed by atoms with Gasteiger partial charge in [0.15, 0.2) is 0 Å². The van der Waals surface area contributed by atoms with E-state index in [1.807, 2.05) is 13.1 Å². The quantitative estimate of drug-likeness (QED) is 0.728. The lowest BCUT2D eigenvalue weighted by atomic mass is 10.2. The van der Waals surface area contributed by atoms with Crippen LogP contribution in [0.15, 0.2) is 6.07 Å². The van der Waals surface area contributed by atoms with Crippen LogP contribution in [0.1, 0.15) is 24.2 Å². The van der Waals surface area contributed by atoms with E-state index in [0.717, 1.165) is 30.9 Å². The van der Waals surface area contributed by atoms with Crippen LogP contribution in [0, 0.1) is 0 Å². The molecule has 0 aliphatic carbocycles. The summed E-state index contributed by atoms with van der Waals surface area (Å²) in [5.41, 5.74) is 2.38. The van der Waals surface area contributed by atoms with Crippen molar-refractivity contribution in [1.82, 2.24) is 4.57 Å². The second kappa shape index (κ2) is 4.60. The molecular weight excluding hydrogens is 206 g/mol. The molecule has 0 bridgehead atoms. The summed E-state index contributed by atoms with van der Waals surface area (Å²) in [7, 11) is 3.45. The molecule has 0 saturated carbocycles. The molecule has 2 heterocycles. The van der Waals surface area contributed by atoms with Crippen molar-refractivity contribution in [3.63, 3.8) is 0 Å². The minimum absolute atomic E-state index is 0.167. The molecule has 1 aromatic rings. The molecule has 0 atom stereocenters. The summed E-state index contributed by atoms with van der Waals surface area (Å²) in [6.45, 7) is 0.799. The van der Waals surface area contributed by atoms with Crippen LogP contribution >= 0.6 is 0 Å². The fraction of sp³-hybridized carbons (Fsp3) is 0.583. The maximum atomic E-state index is 11.1. The summed E-state index contributed by atoms with van der Waals surface area (Å²) in [6.07, 6.45) is 3.26. The van der Waals surface area contributed by atoms with Gasteiger partial charge in [-0.05, 0) is 19.3 Å². The van der Waals surface area contributed by atoms with Gasteiger partial charge in [-0.2, -0.15) is 0 Å². The van der Waals surface area contributed by atoms with Crippen molar-refractivity contribution < 1.29 is 14.3 Å². The molecule has 0 fully saturated rings. The van der Waals surface area contributed by atoms with Crippen LogP contribution in [0.4, 0.5) is 0 Å². The Labute approximate surface area is 95.2 Å². The molecule has 0 amide bonds.